The number of aryl methyl sites for hydroxylation is 1. The Balaban J connectivity index is 1.37. The average molecular weight is 347 g/mol. The van der Waals surface area contributed by atoms with E-state index in [0.29, 0.717) is 0 Å². The normalized spacial score (nSPS) is 17.3. The molecule has 0 N–H and O–H groups in total. The van der Waals surface area contributed by atoms with Crippen LogP contribution in [-0.2, 0) is 16.6 Å². The molecule has 1 spiro atoms. The maximum absolute atomic E-state index is 12.6. The number of para-hydroxylation sites is 1. The van der Waals surface area contributed by atoms with Gasteiger partial charge in [0.25, 0.3) is 5.91 Å². The predicted octanol–water partition coefficient (Wildman–Crippen LogP) is 4.22. The fourth-order valence-electron chi connectivity index (χ4n) is 4.19. The fourth-order valence-corrected chi connectivity index (χ4v) is 4.19. The van der Waals surface area contributed by atoms with Crippen LogP contribution in [0.5, 0.6) is 5.75 Å². The molecule has 3 nitrogen and oxygen atoms in total. The lowest BCUT2D eigenvalue weighted by Gasteiger charge is -2.39. The lowest BCUT2D eigenvalue weighted by atomic mass is 9.74. The second-order valence-corrected chi connectivity index (χ2v) is 7.21. The number of ether oxygens (including phenoxy) is 1. The molecule has 2 aromatic carbocycles. The molecule has 1 aliphatic carbocycles. The van der Waals surface area contributed by atoms with Crippen LogP contribution < -0.4 is 4.74 Å². The van der Waals surface area contributed by atoms with Crippen LogP contribution in [0.2, 0.25) is 0 Å². The van der Waals surface area contributed by atoms with E-state index in [0.717, 1.165) is 43.7 Å². The molecular weight excluding hydrogens is 322 g/mol. The maximum Gasteiger partial charge on any atom is 0.260 e. The lowest BCUT2D eigenvalue weighted by Crippen LogP contribution is -2.45. The highest BCUT2D eigenvalue weighted by atomic mass is 16.5. The zero-order valence-electron chi connectivity index (χ0n) is 15.3. The molecule has 0 atom stereocenters. The first-order chi connectivity index (χ1) is 12.7. The lowest BCUT2D eigenvalue weighted by molar-refractivity contribution is -0.134. The number of benzene rings is 2. The topological polar surface area (TPSA) is 29.5 Å². The molecule has 0 aromatic heterocycles. The molecular formula is C23H25NO2. The van der Waals surface area contributed by atoms with Gasteiger partial charge in [0.1, 0.15) is 5.75 Å². The van der Waals surface area contributed by atoms with Crippen LogP contribution in [0, 0.1) is 0 Å². The van der Waals surface area contributed by atoms with E-state index in [-0.39, 0.29) is 17.9 Å². The van der Waals surface area contributed by atoms with Gasteiger partial charge < -0.3 is 9.64 Å². The number of nitrogens with zero attached hydrogens (tertiary/aromatic N) is 1. The third-order valence-corrected chi connectivity index (χ3v) is 5.79. The summed E-state index contributed by atoms with van der Waals surface area (Å²) in [7, 11) is 0. The zero-order valence-corrected chi connectivity index (χ0v) is 15.3. The van der Waals surface area contributed by atoms with Gasteiger partial charge in [0.2, 0.25) is 0 Å². The zero-order chi connectivity index (χ0) is 18.0. The second-order valence-electron chi connectivity index (χ2n) is 7.21. The summed E-state index contributed by atoms with van der Waals surface area (Å²) in [6, 6.07) is 16.6. The average Bonchev–Trinajstić information content (AvgIpc) is 3.05. The minimum atomic E-state index is 0.0843. The third-order valence-electron chi connectivity index (χ3n) is 5.79. The first kappa shape index (κ1) is 16.9. The summed E-state index contributed by atoms with van der Waals surface area (Å²) in [6.07, 6.45) is 7.45. The van der Waals surface area contributed by atoms with Gasteiger partial charge in [-0.2, -0.15) is 0 Å². The number of fused-ring (bicyclic) bond motifs is 2. The Hall–Kier alpha value is -2.55. The first-order valence-electron chi connectivity index (χ1n) is 9.49. The number of amides is 1. The minimum Gasteiger partial charge on any atom is -0.483 e. The van der Waals surface area contributed by atoms with Gasteiger partial charge in [-0.1, -0.05) is 61.5 Å². The number of likely N-dealkylation sites (tertiary alicyclic amines) is 1. The van der Waals surface area contributed by atoms with Gasteiger partial charge in [0, 0.05) is 18.5 Å². The van der Waals surface area contributed by atoms with E-state index in [9.17, 15) is 4.79 Å². The Labute approximate surface area is 155 Å². The van der Waals surface area contributed by atoms with E-state index < -0.39 is 0 Å². The number of hydrogen-bond acceptors (Lipinski definition) is 2. The number of allylic oxidation sites excluding steroid dienone is 1. The second kappa shape index (κ2) is 6.99. The summed E-state index contributed by atoms with van der Waals surface area (Å²) in [6.45, 7) is 3.80. The molecule has 0 unspecified atom stereocenters. The van der Waals surface area contributed by atoms with Crippen LogP contribution in [0.4, 0.5) is 0 Å². The molecule has 0 saturated carbocycles. The molecule has 2 aromatic rings. The van der Waals surface area contributed by atoms with Crippen molar-refractivity contribution in [3.63, 3.8) is 0 Å². The van der Waals surface area contributed by atoms with E-state index in [1.54, 1.807) is 0 Å². The van der Waals surface area contributed by atoms with Crippen molar-refractivity contribution in [2.75, 3.05) is 19.7 Å². The number of hydrogen-bond donors (Lipinski definition) is 0. The molecule has 0 bridgehead atoms. The summed E-state index contributed by atoms with van der Waals surface area (Å²) in [5.74, 6) is 0.908. The van der Waals surface area contributed by atoms with Crippen molar-refractivity contribution in [1.82, 2.24) is 4.90 Å². The summed E-state index contributed by atoms with van der Waals surface area (Å²) in [5.41, 5.74) is 4.00. The number of carbonyl (C=O) groups is 1. The Bertz CT molecular complexity index is 832. The largest absolute Gasteiger partial charge is 0.483 e. The number of rotatable bonds is 4. The van der Waals surface area contributed by atoms with Gasteiger partial charge in [0.05, 0.1) is 0 Å². The summed E-state index contributed by atoms with van der Waals surface area (Å²) < 4.78 is 5.81. The summed E-state index contributed by atoms with van der Waals surface area (Å²) >= 11 is 0. The van der Waals surface area contributed by atoms with Crippen molar-refractivity contribution >= 4 is 12.0 Å². The molecule has 2 aliphatic rings. The van der Waals surface area contributed by atoms with Crippen LogP contribution in [0.1, 0.15) is 36.5 Å². The van der Waals surface area contributed by atoms with Crippen molar-refractivity contribution in [2.24, 2.45) is 0 Å². The third kappa shape index (κ3) is 3.03. The van der Waals surface area contributed by atoms with Crippen molar-refractivity contribution in [1.29, 1.82) is 0 Å². The van der Waals surface area contributed by atoms with Crippen molar-refractivity contribution in [2.45, 2.75) is 31.6 Å². The van der Waals surface area contributed by atoms with Crippen LogP contribution in [0.3, 0.4) is 0 Å². The number of piperidine rings is 1. The first-order valence-corrected chi connectivity index (χ1v) is 9.49. The van der Waals surface area contributed by atoms with Crippen molar-refractivity contribution in [3.05, 3.63) is 71.3 Å². The Morgan fingerprint density at radius 3 is 2.62 bits per heavy atom. The quantitative estimate of drug-likeness (QED) is 0.829. The van der Waals surface area contributed by atoms with Gasteiger partial charge >= 0.3 is 0 Å². The summed E-state index contributed by atoms with van der Waals surface area (Å²) in [5, 5.41) is 0. The standard InChI is InChI=1S/C23H25NO2/c1-2-18-7-4-6-10-21(18)26-17-22(25)24-15-13-23(14-16-24)12-11-19-8-3-5-9-20(19)23/h3-12H,2,13-17H2,1H3. The van der Waals surface area contributed by atoms with Crippen molar-refractivity contribution in [3.8, 4) is 5.75 Å². The highest BCUT2D eigenvalue weighted by molar-refractivity contribution is 5.78. The molecule has 4 rings (SSSR count). The molecule has 1 saturated heterocycles. The highest BCUT2D eigenvalue weighted by Gasteiger charge is 2.38. The smallest absolute Gasteiger partial charge is 0.260 e. The van der Waals surface area contributed by atoms with Crippen LogP contribution in [-0.4, -0.2) is 30.5 Å². The van der Waals surface area contributed by atoms with E-state index in [4.69, 9.17) is 4.74 Å². The van der Waals surface area contributed by atoms with Gasteiger partial charge in [-0.15, -0.1) is 0 Å². The highest BCUT2D eigenvalue weighted by Crippen LogP contribution is 2.43. The Kier molecular flexibility index (Phi) is 4.54. The molecule has 1 heterocycles. The Morgan fingerprint density at radius 1 is 1.08 bits per heavy atom. The van der Waals surface area contributed by atoms with Crippen LogP contribution in [0.15, 0.2) is 54.6 Å². The van der Waals surface area contributed by atoms with E-state index in [2.05, 4.69) is 43.3 Å². The van der Waals surface area contributed by atoms with Crippen LogP contribution >= 0.6 is 0 Å². The molecule has 3 heteroatoms. The van der Waals surface area contributed by atoms with Gasteiger partial charge in [-0.05, 0) is 42.0 Å². The molecule has 1 fully saturated rings. The van der Waals surface area contributed by atoms with E-state index in [1.807, 2.05) is 29.2 Å². The minimum absolute atomic E-state index is 0.0843. The fraction of sp³-hybridized carbons (Fsp3) is 0.348. The van der Waals surface area contributed by atoms with Crippen LogP contribution in [0.25, 0.3) is 6.08 Å². The van der Waals surface area contributed by atoms with Gasteiger partial charge in [-0.25, -0.2) is 0 Å². The monoisotopic (exact) mass is 347 g/mol. The molecule has 134 valence electrons. The molecule has 0 radical (unpaired) electrons. The molecule has 1 amide bonds. The van der Waals surface area contributed by atoms with E-state index >= 15 is 0 Å². The van der Waals surface area contributed by atoms with E-state index in [1.165, 1.54) is 11.1 Å². The van der Waals surface area contributed by atoms with Gasteiger partial charge in [-0.3, -0.25) is 4.79 Å². The molecule has 26 heavy (non-hydrogen) atoms. The Morgan fingerprint density at radius 2 is 1.81 bits per heavy atom. The number of carbonyl (C=O) groups excluding carboxylic acids is 1. The summed E-state index contributed by atoms with van der Waals surface area (Å²) in [4.78, 5) is 14.6. The SMILES string of the molecule is CCc1ccccc1OCC(=O)N1CCC2(C=Cc3ccccc32)CC1. The maximum atomic E-state index is 12.6. The predicted molar refractivity (Wildman–Crippen MR) is 104 cm³/mol. The van der Waals surface area contributed by atoms with Crippen molar-refractivity contribution < 1.29 is 9.53 Å². The van der Waals surface area contributed by atoms with Gasteiger partial charge in [0.15, 0.2) is 6.61 Å². The molecule has 1 aliphatic heterocycles.